The summed E-state index contributed by atoms with van der Waals surface area (Å²) in [4.78, 5) is 0. The molecular weight excluding hydrogens is 297 g/mol. The minimum absolute atomic E-state index is 0. The van der Waals surface area contributed by atoms with Gasteiger partial charge in [-0.15, -0.1) is 0 Å². The summed E-state index contributed by atoms with van der Waals surface area (Å²) >= 11 is 0. The van der Waals surface area contributed by atoms with Gasteiger partial charge in [0, 0.05) is 23.9 Å². The van der Waals surface area contributed by atoms with E-state index in [9.17, 15) is 0 Å². The molecule has 0 aliphatic heterocycles. The van der Waals surface area contributed by atoms with Crippen LogP contribution < -0.4 is 4.65 Å². The van der Waals surface area contributed by atoms with Crippen molar-refractivity contribution in [3.63, 3.8) is 0 Å². The molecule has 0 saturated carbocycles. The Bertz CT molecular complexity index is 82.8. The molecule has 0 heterocycles. The molecule has 0 atom stereocenters. The van der Waals surface area contributed by atoms with Gasteiger partial charge in [-0.2, -0.15) is 0 Å². The number of nitrogens with zero attached hydrogens (tertiary/aromatic N) is 1. The molecule has 0 bridgehead atoms. The third kappa shape index (κ3) is 31.9. The van der Waals surface area contributed by atoms with E-state index in [1.165, 1.54) is 0 Å². The van der Waals surface area contributed by atoms with Crippen LogP contribution in [0.5, 0.6) is 0 Å². The van der Waals surface area contributed by atoms with E-state index in [2.05, 4.69) is 39.3 Å². The Morgan fingerprint density at radius 1 is 0.615 bits per heavy atom. The van der Waals surface area contributed by atoms with Crippen molar-refractivity contribution >= 4 is 40.4 Å². The maximum absolute atomic E-state index is 4.82. The van der Waals surface area contributed by atoms with Crippen LogP contribution >= 0.6 is 0 Å². The van der Waals surface area contributed by atoms with E-state index in [4.69, 9.17) is 4.65 Å². The van der Waals surface area contributed by atoms with Crippen LogP contribution in [0.1, 0.15) is 22.3 Å². The van der Waals surface area contributed by atoms with Crippen LogP contribution in [0, 0.1) is 0 Å². The van der Waals surface area contributed by atoms with E-state index in [-0.39, 0.29) is 46.2 Å². The summed E-state index contributed by atoms with van der Waals surface area (Å²) < 4.78 is 4.82. The number of rotatable bonds is 2. The second-order valence-corrected chi connectivity index (χ2v) is 14.0. The zero-order valence-corrected chi connectivity index (χ0v) is 12.8. The fourth-order valence-electron chi connectivity index (χ4n) is 1.01. The van der Waals surface area contributed by atoms with Crippen LogP contribution in [0.4, 0.5) is 0 Å². The van der Waals surface area contributed by atoms with Crippen molar-refractivity contribution in [1.29, 1.82) is 0 Å². The van der Waals surface area contributed by atoms with Crippen LogP contribution in [-0.4, -0.2) is 40.4 Å². The molecule has 0 spiro atoms. The van der Waals surface area contributed by atoms with Gasteiger partial charge < -0.3 is 0 Å². The first kappa shape index (κ1) is 29.2. The number of hydrogen-bond acceptors (Lipinski definition) is 0. The predicted molar refractivity (Wildman–Crippen MR) is 74.8 cm³/mol. The van der Waals surface area contributed by atoms with E-state index >= 15 is 0 Å². The topological polar surface area (TPSA) is 14.1 Å². The SMILES string of the molecule is C.C.C.C[Si](C)(C)[N][Si](C)(C)C.[Sn]. The summed E-state index contributed by atoms with van der Waals surface area (Å²) in [7, 11) is -2.21. The van der Waals surface area contributed by atoms with Gasteiger partial charge >= 0.3 is 0 Å². The summed E-state index contributed by atoms with van der Waals surface area (Å²) in [5.74, 6) is 0. The Morgan fingerprint density at radius 3 is 0.769 bits per heavy atom. The molecule has 0 aliphatic rings. The van der Waals surface area contributed by atoms with Gasteiger partial charge in [-0.05, 0) is 0 Å². The molecule has 0 amide bonds. The molecule has 0 aliphatic carbocycles. The largest absolute Gasteiger partial charge is 0.296 e. The Kier molecular flexibility index (Phi) is 21.9. The maximum atomic E-state index is 4.82. The third-order valence-corrected chi connectivity index (χ3v) is 6.04. The van der Waals surface area contributed by atoms with Crippen molar-refractivity contribution in [2.75, 3.05) is 0 Å². The van der Waals surface area contributed by atoms with Crippen molar-refractivity contribution < 1.29 is 0 Å². The molecule has 1 nitrogen and oxygen atoms in total. The quantitative estimate of drug-likeness (QED) is 0.685. The Morgan fingerprint density at radius 2 is 0.769 bits per heavy atom. The molecule has 0 aromatic rings. The summed E-state index contributed by atoms with van der Waals surface area (Å²) in [6, 6.07) is 0. The van der Waals surface area contributed by atoms with Gasteiger partial charge in [-0.3, -0.25) is 4.65 Å². The van der Waals surface area contributed by atoms with Gasteiger partial charge in [0.05, 0.1) is 0 Å². The minimum atomic E-state index is -1.11. The van der Waals surface area contributed by atoms with Crippen molar-refractivity contribution in [3.8, 4) is 0 Å². The molecule has 0 N–H and O–H groups in total. The summed E-state index contributed by atoms with van der Waals surface area (Å²) in [6.07, 6.45) is 0. The van der Waals surface area contributed by atoms with Gasteiger partial charge in [0.2, 0.25) is 0 Å². The zero-order valence-electron chi connectivity index (χ0n) is 7.95. The molecule has 83 valence electrons. The van der Waals surface area contributed by atoms with Gasteiger partial charge in [-0.1, -0.05) is 61.6 Å². The Hall–Kier alpha value is 1.19. The van der Waals surface area contributed by atoms with E-state index in [1.54, 1.807) is 0 Å². The monoisotopic (exact) mass is 328 g/mol. The van der Waals surface area contributed by atoms with Crippen molar-refractivity contribution in [3.05, 3.63) is 0 Å². The summed E-state index contributed by atoms with van der Waals surface area (Å²) in [5.41, 5.74) is 0. The molecule has 0 fully saturated rings. The standard InChI is InChI=1S/C6H18NSi2.3CH4.Sn/c1-8(2,3)7-9(4,5)6;;;;/h1-6H3;3*1H4;. The Labute approximate surface area is 106 Å². The van der Waals surface area contributed by atoms with Crippen molar-refractivity contribution in [1.82, 2.24) is 4.65 Å². The van der Waals surface area contributed by atoms with E-state index < -0.39 is 16.5 Å². The van der Waals surface area contributed by atoms with Crippen molar-refractivity contribution in [2.24, 2.45) is 0 Å². The van der Waals surface area contributed by atoms with E-state index in [0.717, 1.165) is 0 Å². The first-order valence-corrected chi connectivity index (χ1v) is 10.3. The molecule has 0 unspecified atom stereocenters. The first-order valence-electron chi connectivity index (χ1n) is 3.45. The van der Waals surface area contributed by atoms with Crippen LogP contribution in [0.2, 0.25) is 39.3 Å². The smallest absolute Gasteiger partial charge is 0.126 e. The molecule has 13 heavy (non-hydrogen) atoms. The molecule has 0 rings (SSSR count). The normalized spacial score (nSPS) is 9.69. The Balaban J connectivity index is -0.0000000533. The molecule has 0 aromatic heterocycles. The fraction of sp³-hybridized carbons (Fsp3) is 1.00. The average molecular weight is 327 g/mol. The fourth-order valence-corrected chi connectivity index (χ4v) is 9.06. The first-order chi connectivity index (χ1) is 3.71. The zero-order chi connectivity index (χ0) is 7.71. The van der Waals surface area contributed by atoms with Gasteiger partial charge in [0.25, 0.3) is 0 Å². The summed E-state index contributed by atoms with van der Waals surface area (Å²) in [5, 5.41) is 0. The van der Waals surface area contributed by atoms with Gasteiger partial charge in [0.15, 0.2) is 0 Å². The van der Waals surface area contributed by atoms with E-state index in [1.807, 2.05) is 0 Å². The van der Waals surface area contributed by atoms with Gasteiger partial charge in [-0.25, -0.2) is 0 Å². The van der Waals surface area contributed by atoms with Crippen molar-refractivity contribution in [2.45, 2.75) is 61.6 Å². The molecule has 4 heteroatoms. The maximum Gasteiger partial charge on any atom is 0.126 e. The van der Waals surface area contributed by atoms with Crippen LogP contribution in [-0.2, 0) is 0 Å². The van der Waals surface area contributed by atoms with E-state index in [0.29, 0.717) is 0 Å². The molecule has 5 radical (unpaired) electrons. The molecule has 0 saturated heterocycles. The average Bonchev–Trinajstić information content (AvgIpc) is 1.14. The summed E-state index contributed by atoms with van der Waals surface area (Å²) in [6.45, 7) is 13.8. The second kappa shape index (κ2) is 9.74. The molecule has 0 aromatic carbocycles. The van der Waals surface area contributed by atoms with Crippen LogP contribution in [0.3, 0.4) is 0 Å². The molecular formula is C9H30NSi2Sn. The third-order valence-electron chi connectivity index (χ3n) is 0.671. The van der Waals surface area contributed by atoms with Gasteiger partial charge in [0.1, 0.15) is 16.5 Å². The second-order valence-electron chi connectivity index (χ2n) is 4.45. The minimum Gasteiger partial charge on any atom is -0.296 e. The number of hydrogen-bond donors (Lipinski definition) is 0. The van der Waals surface area contributed by atoms with Crippen LogP contribution in [0.15, 0.2) is 0 Å². The van der Waals surface area contributed by atoms with Crippen LogP contribution in [0.25, 0.3) is 0 Å². The predicted octanol–water partition coefficient (Wildman–Crippen LogP) is 3.79.